The second-order valence-electron chi connectivity index (χ2n) is 11.1. The van der Waals surface area contributed by atoms with Crippen LogP contribution in [0.3, 0.4) is 0 Å². The summed E-state index contributed by atoms with van der Waals surface area (Å²) in [4.78, 5) is 16.9. The standard InChI is InChI=1S/C21H28N4O2/c1-18-8-14(9-22)15(19(18,2)10-18)16(26)17(24-25-23)20-4-12-3-13(5-20)7-21(27,6-12)11-20/h12-15,17,27H,3-8,10-11H2,1-2H3/t12?,13?,14-,15?,17+,18+,19+,20?,21?/m0/s1. The van der Waals surface area contributed by atoms with Gasteiger partial charge in [-0.3, -0.25) is 4.79 Å². The van der Waals surface area contributed by atoms with Crippen molar-refractivity contribution in [3.8, 4) is 6.07 Å². The van der Waals surface area contributed by atoms with Crippen LogP contribution in [0.5, 0.6) is 0 Å². The fraction of sp³-hybridized carbons (Fsp3) is 0.905. The maximum absolute atomic E-state index is 13.8. The molecule has 6 aliphatic carbocycles. The Morgan fingerprint density at radius 3 is 2.44 bits per heavy atom. The normalized spacial score (nSPS) is 55.3. The fourth-order valence-corrected chi connectivity index (χ4v) is 8.54. The van der Waals surface area contributed by atoms with Crippen LogP contribution in [0, 0.1) is 51.2 Å². The number of azide groups is 1. The van der Waals surface area contributed by atoms with E-state index in [1.54, 1.807) is 0 Å². The highest BCUT2D eigenvalue weighted by atomic mass is 16.3. The quantitative estimate of drug-likeness (QED) is 0.457. The molecule has 1 N–H and O–H groups in total. The van der Waals surface area contributed by atoms with E-state index in [2.05, 4.69) is 29.9 Å². The number of rotatable bonds is 4. The van der Waals surface area contributed by atoms with Gasteiger partial charge in [0.05, 0.1) is 17.6 Å². The monoisotopic (exact) mass is 368 g/mol. The second-order valence-corrected chi connectivity index (χ2v) is 11.1. The molecule has 4 bridgehead atoms. The van der Waals surface area contributed by atoms with Crippen LogP contribution >= 0.6 is 0 Å². The van der Waals surface area contributed by atoms with Crippen molar-refractivity contribution >= 4 is 5.78 Å². The topological polar surface area (TPSA) is 110 Å². The highest BCUT2D eigenvalue weighted by Gasteiger charge is 2.74. The molecule has 6 rings (SSSR count). The van der Waals surface area contributed by atoms with Crippen LogP contribution in [0.15, 0.2) is 5.11 Å². The summed E-state index contributed by atoms with van der Waals surface area (Å²) in [5.41, 5.74) is 8.10. The molecule has 7 atom stereocenters. The average molecular weight is 368 g/mol. The molecule has 27 heavy (non-hydrogen) atoms. The van der Waals surface area contributed by atoms with Crippen LogP contribution in [0.4, 0.5) is 0 Å². The lowest BCUT2D eigenvalue weighted by Crippen LogP contribution is -2.61. The maximum Gasteiger partial charge on any atom is 0.147 e. The molecule has 0 amide bonds. The number of Topliss-reactive ketones (excluding diaryl/α,β-unsaturated/α-hetero) is 1. The lowest BCUT2D eigenvalue weighted by Gasteiger charge is -2.61. The van der Waals surface area contributed by atoms with Crippen molar-refractivity contribution in [1.82, 2.24) is 0 Å². The van der Waals surface area contributed by atoms with E-state index in [1.165, 1.54) is 0 Å². The van der Waals surface area contributed by atoms with Crippen molar-refractivity contribution in [3.63, 3.8) is 0 Å². The van der Waals surface area contributed by atoms with Gasteiger partial charge in [-0.25, -0.2) is 0 Å². The van der Waals surface area contributed by atoms with Crippen molar-refractivity contribution in [2.75, 3.05) is 0 Å². The SMILES string of the molecule is C[C@]12C[C@@H](C#N)C(C(=O)[C@@H](N=[N+]=[N-])C34CC5CC(CC(O)(C5)C3)C4)[C@@]1(C)C2. The van der Waals surface area contributed by atoms with E-state index in [1.807, 2.05) is 0 Å². The molecule has 0 aromatic heterocycles. The first-order valence-corrected chi connectivity index (χ1v) is 10.4. The molecule has 6 heteroatoms. The van der Waals surface area contributed by atoms with Gasteiger partial charge < -0.3 is 5.11 Å². The van der Waals surface area contributed by atoms with Gasteiger partial charge in [0.2, 0.25) is 0 Å². The largest absolute Gasteiger partial charge is 0.390 e. The van der Waals surface area contributed by atoms with Crippen LogP contribution in [0.2, 0.25) is 0 Å². The number of nitriles is 1. The fourth-order valence-electron chi connectivity index (χ4n) is 8.54. The summed E-state index contributed by atoms with van der Waals surface area (Å²) in [7, 11) is 0. The molecule has 0 aromatic carbocycles. The maximum atomic E-state index is 13.8. The zero-order chi connectivity index (χ0) is 19.2. The molecular weight excluding hydrogens is 340 g/mol. The Balaban J connectivity index is 1.53. The Bertz CT molecular complexity index is 797. The number of ketones is 1. The molecule has 0 aliphatic heterocycles. The highest BCUT2D eigenvalue weighted by Crippen LogP contribution is 2.77. The molecule has 6 fully saturated rings. The molecule has 0 heterocycles. The minimum atomic E-state index is -0.736. The molecule has 6 nitrogen and oxygen atoms in total. The minimum absolute atomic E-state index is 0.0198. The van der Waals surface area contributed by atoms with Gasteiger partial charge in [0.1, 0.15) is 11.8 Å². The highest BCUT2D eigenvalue weighted by molar-refractivity contribution is 5.90. The molecule has 144 valence electrons. The minimum Gasteiger partial charge on any atom is -0.390 e. The van der Waals surface area contributed by atoms with Crippen molar-refractivity contribution in [1.29, 1.82) is 5.26 Å². The lowest BCUT2D eigenvalue weighted by molar-refractivity contribution is -0.175. The van der Waals surface area contributed by atoms with E-state index in [9.17, 15) is 20.7 Å². The molecule has 0 spiro atoms. The predicted molar refractivity (Wildman–Crippen MR) is 98.0 cm³/mol. The van der Waals surface area contributed by atoms with Gasteiger partial charge in [-0.05, 0) is 85.0 Å². The average Bonchev–Trinajstić information content (AvgIpc) is 3.01. The summed E-state index contributed by atoms with van der Waals surface area (Å²) >= 11 is 0. The van der Waals surface area contributed by atoms with E-state index in [4.69, 9.17) is 0 Å². The number of carbonyl (C=O) groups excluding carboxylic acids is 1. The van der Waals surface area contributed by atoms with Crippen molar-refractivity contribution < 1.29 is 9.90 Å². The predicted octanol–water partition coefficient (Wildman–Crippen LogP) is 4.14. The summed E-state index contributed by atoms with van der Waals surface area (Å²) in [5, 5.41) is 24.9. The number of fused-ring (bicyclic) bond motifs is 1. The van der Waals surface area contributed by atoms with E-state index in [-0.39, 0.29) is 28.4 Å². The molecule has 0 radical (unpaired) electrons. The molecule has 0 aromatic rings. The van der Waals surface area contributed by atoms with Gasteiger partial charge in [0.15, 0.2) is 0 Å². The Kier molecular flexibility index (Phi) is 3.29. The smallest absolute Gasteiger partial charge is 0.147 e. The van der Waals surface area contributed by atoms with Gasteiger partial charge in [0, 0.05) is 10.8 Å². The third-order valence-electron chi connectivity index (χ3n) is 9.33. The van der Waals surface area contributed by atoms with E-state index in [0.29, 0.717) is 18.3 Å². The second kappa shape index (κ2) is 5.07. The molecular formula is C21H28N4O2. The number of hydrogen-bond acceptors (Lipinski definition) is 4. The Morgan fingerprint density at radius 1 is 1.22 bits per heavy atom. The first kappa shape index (κ1) is 17.5. The Morgan fingerprint density at radius 2 is 1.89 bits per heavy atom. The van der Waals surface area contributed by atoms with Crippen molar-refractivity contribution in [3.05, 3.63) is 10.4 Å². The van der Waals surface area contributed by atoms with Gasteiger partial charge in [-0.1, -0.05) is 19.0 Å². The Labute approximate surface area is 159 Å². The zero-order valence-corrected chi connectivity index (χ0v) is 16.2. The first-order valence-electron chi connectivity index (χ1n) is 10.4. The van der Waals surface area contributed by atoms with Crippen LogP contribution in [-0.2, 0) is 4.79 Å². The third-order valence-corrected chi connectivity index (χ3v) is 9.33. The van der Waals surface area contributed by atoms with Gasteiger partial charge >= 0.3 is 0 Å². The van der Waals surface area contributed by atoms with E-state index < -0.39 is 17.1 Å². The summed E-state index contributed by atoms with van der Waals surface area (Å²) in [5.74, 6) is 0.212. The summed E-state index contributed by atoms with van der Waals surface area (Å²) < 4.78 is 0. The first-order chi connectivity index (χ1) is 12.7. The van der Waals surface area contributed by atoms with E-state index in [0.717, 1.165) is 44.9 Å². The van der Waals surface area contributed by atoms with Crippen LogP contribution < -0.4 is 0 Å². The summed E-state index contributed by atoms with van der Waals surface area (Å²) in [6.07, 6.45) is 6.83. The number of nitrogens with zero attached hydrogens (tertiary/aromatic N) is 4. The number of aliphatic hydroxyl groups is 1. The zero-order valence-electron chi connectivity index (χ0n) is 16.2. The Hall–Kier alpha value is -1.57. The van der Waals surface area contributed by atoms with Crippen LogP contribution in [0.25, 0.3) is 10.4 Å². The van der Waals surface area contributed by atoms with Crippen LogP contribution in [-0.4, -0.2) is 22.5 Å². The van der Waals surface area contributed by atoms with Gasteiger partial charge in [-0.15, -0.1) is 0 Å². The molecule has 0 saturated heterocycles. The lowest BCUT2D eigenvalue weighted by atomic mass is 9.45. The third kappa shape index (κ3) is 2.16. The van der Waals surface area contributed by atoms with E-state index >= 15 is 0 Å². The van der Waals surface area contributed by atoms with Gasteiger partial charge in [-0.2, -0.15) is 5.26 Å². The van der Waals surface area contributed by atoms with Crippen molar-refractivity contribution in [2.45, 2.75) is 76.9 Å². The number of carbonyl (C=O) groups is 1. The van der Waals surface area contributed by atoms with Crippen LogP contribution in [0.1, 0.15) is 65.2 Å². The molecule has 3 unspecified atom stereocenters. The summed E-state index contributed by atoms with van der Waals surface area (Å²) in [6, 6.07) is 1.64. The van der Waals surface area contributed by atoms with Gasteiger partial charge in [0.25, 0.3) is 0 Å². The molecule has 6 aliphatic rings. The summed E-state index contributed by atoms with van der Waals surface area (Å²) in [6.45, 7) is 4.31. The van der Waals surface area contributed by atoms with Crippen molar-refractivity contribution in [2.24, 2.45) is 45.0 Å². The molecule has 6 saturated carbocycles. The number of hydrogen-bond donors (Lipinski definition) is 1.